The first-order valence-electron chi connectivity index (χ1n) is 7.33. The van der Waals surface area contributed by atoms with Gasteiger partial charge >= 0.3 is 0 Å². The van der Waals surface area contributed by atoms with E-state index in [9.17, 15) is 13.2 Å². The molecule has 1 amide bonds. The number of benzene rings is 1. The van der Waals surface area contributed by atoms with Crippen LogP contribution in [0.25, 0.3) is 6.08 Å². The third-order valence-electron chi connectivity index (χ3n) is 4.12. The summed E-state index contributed by atoms with van der Waals surface area (Å²) < 4.78 is 29.1. The first kappa shape index (κ1) is 15.2. The Labute approximate surface area is 130 Å². The highest BCUT2D eigenvalue weighted by molar-refractivity contribution is 7.91. The molecule has 1 aromatic carbocycles. The molecule has 22 heavy (non-hydrogen) atoms. The minimum absolute atomic E-state index is 0.00201. The Hall–Kier alpha value is -1.66. The number of amides is 1. The topological polar surface area (TPSA) is 63.7 Å². The molecule has 2 aliphatic heterocycles. The van der Waals surface area contributed by atoms with Gasteiger partial charge in [0, 0.05) is 12.1 Å². The van der Waals surface area contributed by atoms with Crippen molar-refractivity contribution in [2.45, 2.75) is 19.1 Å². The second-order valence-electron chi connectivity index (χ2n) is 5.79. The maximum Gasteiger partial charge on any atom is 0.249 e. The minimum atomic E-state index is -3.12. The van der Waals surface area contributed by atoms with Gasteiger partial charge in [0.2, 0.25) is 5.91 Å². The lowest BCUT2D eigenvalue weighted by Crippen LogP contribution is -2.53. The maximum atomic E-state index is 12.7. The maximum absolute atomic E-state index is 12.7. The van der Waals surface area contributed by atoms with Crippen LogP contribution in [0.15, 0.2) is 35.9 Å². The molecule has 2 saturated heterocycles. The number of sulfone groups is 1. The van der Waals surface area contributed by atoms with E-state index in [0.29, 0.717) is 18.7 Å². The van der Waals surface area contributed by atoms with E-state index in [1.807, 2.05) is 36.4 Å². The number of fused-ring (bicyclic) bond motifs is 1. The second-order valence-corrected chi connectivity index (χ2v) is 7.94. The molecular weight excluding hydrogens is 302 g/mol. The molecule has 0 N–H and O–H groups in total. The van der Waals surface area contributed by atoms with E-state index in [1.165, 1.54) is 0 Å². The van der Waals surface area contributed by atoms with Crippen LogP contribution in [0.4, 0.5) is 0 Å². The summed E-state index contributed by atoms with van der Waals surface area (Å²) in [5.74, 6) is -0.0930. The predicted octanol–water partition coefficient (Wildman–Crippen LogP) is 1.11. The highest BCUT2D eigenvalue weighted by Gasteiger charge is 2.45. The molecule has 0 spiro atoms. The van der Waals surface area contributed by atoms with Gasteiger partial charge in [-0.2, -0.15) is 0 Å². The molecule has 5 nitrogen and oxygen atoms in total. The average Bonchev–Trinajstić information content (AvgIpc) is 2.81. The van der Waals surface area contributed by atoms with Gasteiger partial charge in [-0.3, -0.25) is 4.79 Å². The molecule has 6 heteroatoms. The van der Waals surface area contributed by atoms with Crippen molar-refractivity contribution in [3.8, 4) is 0 Å². The van der Waals surface area contributed by atoms with E-state index in [4.69, 9.17) is 4.74 Å². The molecule has 0 aliphatic carbocycles. The van der Waals surface area contributed by atoms with E-state index in [2.05, 4.69) is 0 Å². The molecule has 2 heterocycles. The highest BCUT2D eigenvalue weighted by atomic mass is 32.2. The van der Waals surface area contributed by atoms with Gasteiger partial charge in [-0.25, -0.2) is 8.42 Å². The summed E-state index contributed by atoms with van der Waals surface area (Å²) in [4.78, 5) is 14.3. The predicted molar refractivity (Wildman–Crippen MR) is 84.0 cm³/mol. The van der Waals surface area contributed by atoms with E-state index in [-0.39, 0.29) is 29.6 Å². The van der Waals surface area contributed by atoms with Gasteiger partial charge in [0.1, 0.15) is 0 Å². The quantitative estimate of drug-likeness (QED) is 0.766. The Balaban J connectivity index is 1.81. The summed E-state index contributed by atoms with van der Waals surface area (Å²) in [6.45, 7) is 2.60. The fourth-order valence-corrected chi connectivity index (χ4v) is 4.92. The van der Waals surface area contributed by atoms with Gasteiger partial charge in [-0.05, 0) is 18.6 Å². The summed E-state index contributed by atoms with van der Waals surface area (Å²) in [5, 5.41) is 0. The Kier molecular flexibility index (Phi) is 4.06. The summed E-state index contributed by atoms with van der Waals surface area (Å²) in [6.07, 6.45) is 1.45. The Morgan fingerprint density at radius 1 is 1.27 bits per heavy atom. The lowest BCUT2D eigenvalue weighted by molar-refractivity contribution is -0.138. The zero-order chi connectivity index (χ0) is 15.7. The lowest BCUT2D eigenvalue weighted by atomic mass is 10.1. The second kappa shape index (κ2) is 5.85. The Morgan fingerprint density at radius 3 is 2.73 bits per heavy atom. The molecule has 0 bridgehead atoms. The van der Waals surface area contributed by atoms with Crippen molar-refractivity contribution in [1.82, 2.24) is 4.90 Å². The van der Waals surface area contributed by atoms with Gasteiger partial charge < -0.3 is 9.64 Å². The monoisotopic (exact) mass is 321 g/mol. The number of rotatable bonds is 2. The number of nitrogens with zero attached hydrogens (tertiary/aromatic N) is 1. The van der Waals surface area contributed by atoms with Crippen LogP contribution in [-0.4, -0.2) is 56.0 Å². The first-order valence-corrected chi connectivity index (χ1v) is 9.15. The van der Waals surface area contributed by atoms with Gasteiger partial charge in [0.05, 0.1) is 30.3 Å². The summed E-state index contributed by atoms with van der Waals surface area (Å²) >= 11 is 0. The lowest BCUT2D eigenvalue weighted by Gasteiger charge is -2.36. The van der Waals surface area contributed by atoms with E-state index < -0.39 is 9.84 Å². The number of hydrogen-bond acceptors (Lipinski definition) is 4. The zero-order valence-electron chi connectivity index (χ0n) is 12.4. The third-order valence-corrected chi connectivity index (χ3v) is 5.80. The number of carbonyl (C=O) groups is 1. The van der Waals surface area contributed by atoms with Crippen molar-refractivity contribution in [1.29, 1.82) is 0 Å². The molecule has 2 aliphatic rings. The van der Waals surface area contributed by atoms with Crippen molar-refractivity contribution in [2.24, 2.45) is 0 Å². The van der Waals surface area contributed by atoms with Crippen LogP contribution in [0.5, 0.6) is 0 Å². The largest absolute Gasteiger partial charge is 0.373 e. The van der Waals surface area contributed by atoms with Crippen LogP contribution in [0.2, 0.25) is 0 Å². The number of ether oxygens (including phenoxy) is 1. The van der Waals surface area contributed by atoms with Crippen molar-refractivity contribution >= 4 is 21.8 Å². The molecular formula is C16H19NO4S. The molecule has 0 radical (unpaired) electrons. The van der Waals surface area contributed by atoms with Crippen molar-refractivity contribution < 1.29 is 17.9 Å². The van der Waals surface area contributed by atoms with Crippen LogP contribution in [0.3, 0.4) is 0 Å². The van der Waals surface area contributed by atoms with E-state index >= 15 is 0 Å². The molecule has 1 aromatic rings. The van der Waals surface area contributed by atoms with Crippen LogP contribution in [0.1, 0.15) is 12.5 Å². The van der Waals surface area contributed by atoms with Gasteiger partial charge in [-0.1, -0.05) is 30.3 Å². The molecule has 2 unspecified atom stereocenters. The number of morpholine rings is 1. The molecule has 2 atom stereocenters. The zero-order valence-corrected chi connectivity index (χ0v) is 13.3. The third kappa shape index (κ3) is 3.08. The van der Waals surface area contributed by atoms with Gasteiger partial charge in [0.25, 0.3) is 0 Å². The molecule has 3 rings (SSSR count). The molecule has 118 valence electrons. The summed E-state index contributed by atoms with van der Waals surface area (Å²) in [7, 11) is -3.12. The van der Waals surface area contributed by atoms with Crippen LogP contribution < -0.4 is 0 Å². The minimum Gasteiger partial charge on any atom is -0.373 e. The fraction of sp³-hybridized carbons (Fsp3) is 0.438. The fourth-order valence-electron chi connectivity index (χ4n) is 3.05. The molecule has 0 aromatic heterocycles. The Bertz CT molecular complexity index is 696. The SMILES string of the molecule is C/C(=C\c1ccccc1)C(=O)N1CCOC2CS(=O)(=O)CC21. The first-order chi connectivity index (χ1) is 10.5. The van der Waals surface area contributed by atoms with Gasteiger partial charge in [-0.15, -0.1) is 0 Å². The van der Waals surface area contributed by atoms with Crippen molar-refractivity contribution in [3.05, 3.63) is 41.5 Å². The standard InChI is InChI=1S/C16H19NO4S/c1-12(9-13-5-3-2-4-6-13)16(18)17-7-8-21-15-11-22(19,20)10-14(15)17/h2-6,9,14-15H,7-8,10-11H2,1H3/b12-9+. The highest BCUT2D eigenvalue weighted by Crippen LogP contribution is 2.26. The van der Waals surface area contributed by atoms with Gasteiger partial charge in [0.15, 0.2) is 9.84 Å². The summed E-state index contributed by atoms with van der Waals surface area (Å²) in [6, 6.07) is 9.25. The normalized spacial score (nSPS) is 27.5. The van der Waals surface area contributed by atoms with E-state index in [0.717, 1.165) is 5.56 Å². The number of hydrogen-bond donors (Lipinski definition) is 0. The molecule has 2 fully saturated rings. The van der Waals surface area contributed by atoms with Crippen LogP contribution in [-0.2, 0) is 19.4 Å². The van der Waals surface area contributed by atoms with Crippen LogP contribution in [0, 0.1) is 0 Å². The van der Waals surface area contributed by atoms with E-state index in [1.54, 1.807) is 11.8 Å². The van der Waals surface area contributed by atoms with Crippen molar-refractivity contribution in [2.75, 3.05) is 24.7 Å². The smallest absolute Gasteiger partial charge is 0.249 e. The average molecular weight is 321 g/mol. The molecule has 0 saturated carbocycles. The van der Waals surface area contributed by atoms with Crippen molar-refractivity contribution in [3.63, 3.8) is 0 Å². The summed E-state index contributed by atoms with van der Waals surface area (Å²) in [5.41, 5.74) is 1.56. The van der Waals surface area contributed by atoms with Crippen LogP contribution >= 0.6 is 0 Å². The Morgan fingerprint density at radius 2 is 2.00 bits per heavy atom. The number of carbonyl (C=O) groups excluding carboxylic acids is 1.